The van der Waals surface area contributed by atoms with Crippen LogP contribution in [0.15, 0.2) is 29.2 Å². The second-order valence-electron chi connectivity index (χ2n) is 10.3. The number of hydrogen-bond donors (Lipinski definition) is 5. The standard InChI is InChI=1S/C27H29F3N6O8/c1-13(2)22(16-6-5-14(8-17(16)36(41)42)4-3-7-32-25(40)27(28,29)30)43-12-15-10-35(20-9-18(38)19(11-37)44-20)23-21(15)24(39)34-26(31)33-23/h5-6,8,10,13,18-20,22,37-38H,7,9,11-12H2,1-2H3,(H,32,40)(H3,31,33,34,39)/t18-,19-,20-,22?/m1/s1. The quantitative estimate of drug-likeness (QED) is 0.133. The predicted octanol–water partition coefficient (Wildman–Crippen LogP) is 1.80. The highest BCUT2D eigenvalue weighted by atomic mass is 19.4. The van der Waals surface area contributed by atoms with E-state index in [2.05, 4.69) is 21.8 Å². The predicted molar refractivity (Wildman–Crippen MR) is 148 cm³/mol. The number of amides is 1. The number of nitrogen functional groups attached to an aromatic ring is 1. The molecule has 0 aliphatic carbocycles. The molecule has 0 bridgehead atoms. The van der Waals surface area contributed by atoms with E-state index in [-0.39, 0.29) is 52.7 Å². The lowest BCUT2D eigenvalue weighted by atomic mass is 9.96. The van der Waals surface area contributed by atoms with Crippen LogP contribution in [-0.4, -0.2) is 67.1 Å². The molecule has 17 heteroatoms. The molecule has 0 spiro atoms. The molecule has 1 amide bonds. The Morgan fingerprint density at radius 1 is 1.41 bits per heavy atom. The normalized spacial score (nSPS) is 19.1. The molecule has 6 N–H and O–H groups in total. The molecule has 236 valence electrons. The molecule has 4 atom stereocenters. The molecule has 0 radical (unpaired) electrons. The second-order valence-corrected chi connectivity index (χ2v) is 10.3. The SMILES string of the molecule is CC(C)C(OCc1cn([C@H]2C[C@@H](O)[C@@H](CO)O2)c2nc(N)[nH]c(=O)c12)c1ccc(C#CCNC(=O)C(F)(F)F)cc1[N+](=O)[O-]. The van der Waals surface area contributed by atoms with Gasteiger partial charge in [0.05, 0.1) is 47.8 Å². The molecule has 1 aliphatic heterocycles. The minimum Gasteiger partial charge on any atom is -0.394 e. The number of carbonyl (C=O) groups excluding carboxylic acids is 1. The van der Waals surface area contributed by atoms with Crippen molar-refractivity contribution < 1.29 is 42.6 Å². The van der Waals surface area contributed by atoms with Crippen LogP contribution in [0, 0.1) is 27.9 Å². The topological polar surface area (TPSA) is 208 Å². The first kappa shape index (κ1) is 32.4. The zero-order valence-corrected chi connectivity index (χ0v) is 23.4. The Balaban J connectivity index is 1.61. The highest BCUT2D eigenvalue weighted by Gasteiger charge is 2.38. The molecule has 3 aromatic rings. The fourth-order valence-corrected chi connectivity index (χ4v) is 4.84. The van der Waals surface area contributed by atoms with Crippen LogP contribution < -0.4 is 16.6 Å². The number of aromatic amines is 1. The number of ether oxygens (including phenoxy) is 2. The number of nitro groups is 1. The maximum absolute atomic E-state index is 12.9. The second kappa shape index (κ2) is 13.0. The van der Waals surface area contributed by atoms with Crippen LogP contribution in [0.5, 0.6) is 0 Å². The van der Waals surface area contributed by atoms with Crippen LogP contribution in [0.4, 0.5) is 24.8 Å². The summed E-state index contributed by atoms with van der Waals surface area (Å²) in [4.78, 5) is 41.8. The van der Waals surface area contributed by atoms with Crippen molar-refractivity contribution in [2.45, 2.75) is 57.6 Å². The lowest BCUT2D eigenvalue weighted by Gasteiger charge is -2.22. The molecule has 4 rings (SSSR count). The van der Waals surface area contributed by atoms with E-state index in [0.29, 0.717) is 5.56 Å². The van der Waals surface area contributed by atoms with Crippen molar-refractivity contribution in [3.8, 4) is 11.8 Å². The summed E-state index contributed by atoms with van der Waals surface area (Å²) in [6, 6.07) is 4.00. The van der Waals surface area contributed by atoms with Crippen molar-refractivity contribution in [3.63, 3.8) is 0 Å². The number of nitrogens with two attached hydrogens (primary N) is 1. The van der Waals surface area contributed by atoms with E-state index in [1.54, 1.807) is 25.4 Å². The zero-order valence-electron chi connectivity index (χ0n) is 23.4. The van der Waals surface area contributed by atoms with Crippen molar-refractivity contribution in [2.24, 2.45) is 5.92 Å². The summed E-state index contributed by atoms with van der Waals surface area (Å²) >= 11 is 0. The van der Waals surface area contributed by atoms with Gasteiger partial charge in [0.2, 0.25) is 5.95 Å². The Morgan fingerprint density at radius 3 is 2.75 bits per heavy atom. The van der Waals surface area contributed by atoms with Gasteiger partial charge in [-0.05, 0) is 18.1 Å². The van der Waals surface area contributed by atoms with Crippen molar-refractivity contribution in [1.82, 2.24) is 19.9 Å². The summed E-state index contributed by atoms with van der Waals surface area (Å²) < 4.78 is 50.4. The Kier molecular flexibility index (Phi) is 9.59. The smallest absolute Gasteiger partial charge is 0.394 e. The van der Waals surface area contributed by atoms with Gasteiger partial charge in [-0.3, -0.25) is 24.7 Å². The summed E-state index contributed by atoms with van der Waals surface area (Å²) in [7, 11) is 0. The first-order valence-corrected chi connectivity index (χ1v) is 13.3. The zero-order chi connectivity index (χ0) is 32.3. The molecule has 3 heterocycles. The summed E-state index contributed by atoms with van der Waals surface area (Å²) in [6.07, 6.45) is -6.83. The molecular formula is C27H29F3N6O8. The van der Waals surface area contributed by atoms with Crippen LogP contribution in [0.25, 0.3) is 11.0 Å². The van der Waals surface area contributed by atoms with E-state index in [1.807, 2.05) is 0 Å². The third-order valence-corrected chi connectivity index (χ3v) is 6.86. The van der Waals surface area contributed by atoms with Gasteiger partial charge in [0.1, 0.15) is 12.3 Å². The number of H-pyrrole nitrogens is 1. The summed E-state index contributed by atoms with van der Waals surface area (Å²) in [5, 5.41) is 33.4. The average Bonchev–Trinajstić information content (AvgIpc) is 3.50. The highest BCUT2D eigenvalue weighted by molar-refractivity contribution is 5.82. The molecule has 14 nitrogen and oxygen atoms in total. The summed E-state index contributed by atoms with van der Waals surface area (Å²) in [5.41, 5.74) is 5.68. The number of nitrogens with one attached hydrogen (secondary N) is 2. The minimum absolute atomic E-state index is 0.106. The minimum atomic E-state index is -5.06. The van der Waals surface area contributed by atoms with Gasteiger partial charge >= 0.3 is 12.1 Å². The number of hydrogen-bond acceptors (Lipinski definition) is 10. The number of alkyl halides is 3. The summed E-state index contributed by atoms with van der Waals surface area (Å²) in [6.45, 7) is 2.30. The van der Waals surface area contributed by atoms with Crippen molar-refractivity contribution >= 4 is 28.6 Å². The van der Waals surface area contributed by atoms with E-state index in [4.69, 9.17) is 15.2 Å². The number of rotatable bonds is 9. The third-order valence-electron chi connectivity index (χ3n) is 6.86. The first-order valence-electron chi connectivity index (χ1n) is 13.3. The van der Waals surface area contributed by atoms with Crippen LogP contribution in [0.1, 0.15) is 49.3 Å². The summed E-state index contributed by atoms with van der Waals surface area (Å²) in [5.74, 6) is 2.20. The van der Waals surface area contributed by atoms with E-state index < -0.39 is 60.3 Å². The van der Waals surface area contributed by atoms with Crippen LogP contribution in [0.3, 0.4) is 0 Å². The molecule has 1 unspecified atom stereocenters. The fourth-order valence-electron chi connectivity index (χ4n) is 4.84. The number of benzene rings is 1. The largest absolute Gasteiger partial charge is 0.471 e. The van der Waals surface area contributed by atoms with Gasteiger partial charge in [0.15, 0.2) is 5.65 Å². The van der Waals surface area contributed by atoms with Gasteiger partial charge in [-0.1, -0.05) is 25.7 Å². The number of aliphatic hydroxyl groups excluding tert-OH is 2. The molecule has 1 fully saturated rings. The molecule has 44 heavy (non-hydrogen) atoms. The van der Waals surface area contributed by atoms with Gasteiger partial charge in [0.25, 0.3) is 11.2 Å². The van der Waals surface area contributed by atoms with E-state index >= 15 is 0 Å². The maximum Gasteiger partial charge on any atom is 0.471 e. The van der Waals surface area contributed by atoms with Crippen molar-refractivity contribution in [1.29, 1.82) is 0 Å². The number of aromatic nitrogens is 3. The number of anilines is 1. The Bertz CT molecular complexity index is 1680. The molecule has 1 aliphatic rings. The van der Waals surface area contributed by atoms with Crippen molar-refractivity contribution in [3.05, 3.63) is 61.6 Å². The number of nitro benzene ring substituents is 1. The molecule has 0 saturated carbocycles. The Hall–Kier alpha value is -4.50. The highest BCUT2D eigenvalue weighted by Crippen LogP contribution is 2.36. The number of carbonyl (C=O) groups is 1. The Morgan fingerprint density at radius 2 is 2.14 bits per heavy atom. The lowest BCUT2D eigenvalue weighted by Crippen LogP contribution is -2.36. The van der Waals surface area contributed by atoms with Gasteiger partial charge in [-0.25, -0.2) is 0 Å². The van der Waals surface area contributed by atoms with E-state index in [9.17, 15) is 43.1 Å². The van der Waals surface area contributed by atoms with Gasteiger partial charge < -0.3 is 35.3 Å². The van der Waals surface area contributed by atoms with Crippen LogP contribution in [-0.2, 0) is 20.9 Å². The number of nitrogens with zero attached hydrogens (tertiary/aromatic N) is 3. The van der Waals surface area contributed by atoms with Gasteiger partial charge in [0, 0.05) is 29.8 Å². The van der Waals surface area contributed by atoms with Crippen LogP contribution >= 0.6 is 0 Å². The van der Waals surface area contributed by atoms with Crippen LogP contribution in [0.2, 0.25) is 0 Å². The van der Waals surface area contributed by atoms with Gasteiger partial charge in [-0.2, -0.15) is 18.2 Å². The lowest BCUT2D eigenvalue weighted by molar-refractivity contribution is -0.386. The van der Waals surface area contributed by atoms with E-state index in [1.165, 1.54) is 16.7 Å². The van der Waals surface area contributed by atoms with Crippen molar-refractivity contribution in [2.75, 3.05) is 18.9 Å². The molecule has 2 aromatic heterocycles. The average molecular weight is 623 g/mol. The third kappa shape index (κ3) is 7.00. The molecule has 1 saturated heterocycles. The number of aliphatic hydroxyl groups is 2. The van der Waals surface area contributed by atoms with Gasteiger partial charge in [-0.15, -0.1) is 0 Å². The fraction of sp³-hybridized carbons (Fsp3) is 0.444. The maximum atomic E-state index is 12.9. The van der Waals surface area contributed by atoms with E-state index in [0.717, 1.165) is 6.07 Å². The number of halogens is 3. The molecular weight excluding hydrogens is 593 g/mol. The monoisotopic (exact) mass is 622 g/mol. The number of fused-ring (bicyclic) bond motifs is 1. The molecule has 1 aromatic carbocycles. The Labute approximate surface area is 247 Å². The first-order chi connectivity index (χ1) is 20.7.